The van der Waals surface area contributed by atoms with Crippen LogP contribution in [0.15, 0.2) is 30.3 Å². The van der Waals surface area contributed by atoms with Gasteiger partial charge in [0.1, 0.15) is 0 Å². The van der Waals surface area contributed by atoms with E-state index in [-0.39, 0.29) is 29.6 Å². The predicted molar refractivity (Wildman–Crippen MR) is 82.5 cm³/mol. The van der Waals surface area contributed by atoms with Crippen molar-refractivity contribution in [1.29, 1.82) is 0 Å². The van der Waals surface area contributed by atoms with Crippen LogP contribution in [-0.4, -0.2) is 54.7 Å². The van der Waals surface area contributed by atoms with Gasteiger partial charge in [-0.05, 0) is 18.4 Å². The molecule has 2 aliphatic heterocycles. The van der Waals surface area contributed by atoms with E-state index in [9.17, 15) is 18.3 Å². The van der Waals surface area contributed by atoms with E-state index in [4.69, 9.17) is 0 Å². The van der Waals surface area contributed by atoms with E-state index in [2.05, 4.69) is 5.32 Å². The highest BCUT2D eigenvalue weighted by molar-refractivity contribution is 7.92. The van der Waals surface area contributed by atoms with Crippen molar-refractivity contribution in [2.45, 2.75) is 31.0 Å². The molecule has 0 radical (unpaired) electrons. The number of nitrogens with one attached hydrogen (secondary N) is 1. The van der Waals surface area contributed by atoms with Crippen molar-refractivity contribution in [3.63, 3.8) is 0 Å². The van der Waals surface area contributed by atoms with Gasteiger partial charge in [-0.1, -0.05) is 30.3 Å². The fourth-order valence-electron chi connectivity index (χ4n) is 3.33. The maximum Gasteiger partial charge on any atom is 0.407 e. The number of nitrogens with zero attached hydrogens (tertiary/aromatic N) is 1. The Morgan fingerprint density at radius 3 is 2.45 bits per heavy atom. The molecule has 7 heteroatoms. The first-order chi connectivity index (χ1) is 10.4. The van der Waals surface area contributed by atoms with Crippen molar-refractivity contribution in [2.75, 3.05) is 18.1 Å². The lowest BCUT2D eigenvalue weighted by molar-refractivity contribution is 0.0950. The van der Waals surface area contributed by atoms with Crippen LogP contribution < -0.4 is 5.32 Å². The van der Waals surface area contributed by atoms with Crippen molar-refractivity contribution in [1.82, 2.24) is 10.2 Å². The lowest BCUT2D eigenvalue weighted by Crippen LogP contribution is -2.57. The summed E-state index contributed by atoms with van der Waals surface area (Å²) in [5.74, 6) is 0.393. The first-order valence-electron chi connectivity index (χ1n) is 7.45. The van der Waals surface area contributed by atoms with Gasteiger partial charge in [0, 0.05) is 18.6 Å². The van der Waals surface area contributed by atoms with Gasteiger partial charge in [-0.25, -0.2) is 13.2 Å². The summed E-state index contributed by atoms with van der Waals surface area (Å²) in [7, 11) is -2.84. The minimum Gasteiger partial charge on any atom is -0.465 e. The Balaban J connectivity index is 1.69. The third kappa shape index (κ3) is 3.25. The molecule has 0 aromatic heterocycles. The highest BCUT2D eigenvalue weighted by atomic mass is 32.2. The Hall–Kier alpha value is -1.60. The summed E-state index contributed by atoms with van der Waals surface area (Å²) >= 11 is 0. The zero-order valence-corrected chi connectivity index (χ0v) is 13.0. The lowest BCUT2D eigenvalue weighted by atomic mass is 9.91. The van der Waals surface area contributed by atoms with Gasteiger partial charge in [-0.3, -0.25) is 0 Å². The summed E-state index contributed by atoms with van der Waals surface area (Å²) in [5, 5.41) is 12.8. The molecule has 1 amide bonds. The normalized spacial score (nSPS) is 28.1. The third-order valence-electron chi connectivity index (χ3n) is 4.41. The van der Waals surface area contributed by atoms with Crippen molar-refractivity contribution in [3.05, 3.63) is 35.9 Å². The molecule has 0 spiro atoms. The molecule has 22 heavy (non-hydrogen) atoms. The molecule has 0 bridgehead atoms. The Labute approximate surface area is 130 Å². The zero-order chi connectivity index (χ0) is 15.7. The predicted octanol–water partition coefficient (Wildman–Crippen LogP) is 1.26. The zero-order valence-electron chi connectivity index (χ0n) is 12.2. The fourth-order valence-corrected chi connectivity index (χ4v) is 4.65. The molecule has 2 atom stereocenters. The molecule has 2 fully saturated rings. The minimum absolute atomic E-state index is 0.0165. The van der Waals surface area contributed by atoms with Gasteiger partial charge in [0.05, 0.1) is 17.5 Å². The van der Waals surface area contributed by atoms with Gasteiger partial charge in [0.2, 0.25) is 0 Å². The highest BCUT2D eigenvalue weighted by Crippen LogP contribution is 2.31. The smallest absolute Gasteiger partial charge is 0.407 e. The van der Waals surface area contributed by atoms with Crippen LogP contribution in [0.2, 0.25) is 0 Å². The number of carboxylic acid groups (broad SMARTS) is 1. The van der Waals surface area contributed by atoms with E-state index in [0.717, 1.165) is 5.56 Å². The topological polar surface area (TPSA) is 86.7 Å². The third-order valence-corrected chi connectivity index (χ3v) is 6.23. The molecule has 3 rings (SSSR count). The van der Waals surface area contributed by atoms with Gasteiger partial charge >= 0.3 is 6.09 Å². The van der Waals surface area contributed by atoms with Crippen LogP contribution in [0.25, 0.3) is 0 Å². The maximum absolute atomic E-state index is 11.4. The minimum atomic E-state index is -2.84. The molecule has 1 aromatic carbocycles. The van der Waals surface area contributed by atoms with Gasteiger partial charge < -0.3 is 15.3 Å². The molecule has 2 N–H and O–H groups in total. The average Bonchev–Trinajstić information content (AvgIpc) is 2.46. The number of likely N-dealkylation sites (tertiary alicyclic amines) is 1. The van der Waals surface area contributed by atoms with Gasteiger partial charge in [-0.2, -0.15) is 0 Å². The fraction of sp³-hybridized carbons (Fsp3) is 0.533. The second kappa shape index (κ2) is 5.89. The molecule has 2 aliphatic rings. The first-order valence-corrected chi connectivity index (χ1v) is 9.28. The summed E-state index contributed by atoms with van der Waals surface area (Å²) in [6.07, 6.45) is 0.484. The second-order valence-electron chi connectivity index (χ2n) is 6.06. The summed E-state index contributed by atoms with van der Waals surface area (Å²) in [6, 6.07) is 9.60. The van der Waals surface area contributed by atoms with E-state index in [1.54, 1.807) is 0 Å². The summed E-state index contributed by atoms with van der Waals surface area (Å²) in [6.45, 7) is 0.464. The number of amides is 1. The molecule has 2 saturated heterocycles. The molecule has 120 valence electrons. The molecular formula is C15H20N2O4S. The molecule has 0 aliphatic carbocycles. The van der Waals surface area contributed by atoms with E-state index < -0.39 is 15.9 Å². The largest absolute Gasteiger partial charge is 0.465 e. The van der Waals surface area contributed by atoms with E-state index in [1.165, 1.54) is 4.90 Å². The molecule has 6 nitrogen and oxygen atoms in total. The Morgan fingerprint density at radius 1 is 1.18 bits per heavy atom. The quantitative estimate of drug-likeness (QED) is 0.874. The monoisotopic (exact) mass is 324 g/mol. The lowest BCUT2D eigenvalue weighted by Gasteiger charge is -2.41. The standard InChI is InChI=1S/C15H20N2O4S/c18-15(19)17-7-6-12(16-13-9-22(20,21)10-13)8-14(17)11-4-2-1-3-5-11/h1-5,12-14,16H,6-10H2,(H,18,19). The summed E-state index contributed by atoms with van der Waals surface area (Å²) < 4.78 is 22.5. The van der Waals surface area contributed by atoms with Crippen molar-refractivity contribution >= 4 is 15.9 Å². The summed E-state index contributed by atoms with van der Waals surface area (Å²) in [5.41, 5.74) is 0.984. The Kier molecular flexibility index (Phi) is 4.10. The first kappa shape index (κ1) is 15.3. The van der Waals surface area contributed by atoms with E-state index in [1.807, 2.05) is 30.3 Å². The van der Waals surface area contributed by atoms with Crippen LogP contribution in [0.1, 0.15) is 24.4 Å². The molecule has 1 aromatic rings. The van der Waals surface area contributed by atoms with Crippen LogP contribution in [0.4, 0.5) is 4.79 Å². The van der Waals surface area contributed by atoms with E-state index >= 15 is 0 Å². The number of hydrogen-bond acceptors (Lipinski definition) is 4. The second-order valence-corrected chi connectivity index (χ2v) is 8.22. The van der Waals surface area contributed by atoms with E-state index in [0.29, 0.717) is 19.4 Å². The SMILES string of the molecule is O=C(O)N1CCC(NC2CS(=O)(=O)C2)CC1c1ccccc1. The highest BCUT2D eigenvalue weighted by Gasteiger charge is 2.38. The average molecular weight is 324 g/mol. The van der Waals surface area contributed by atoms with Crippen LogP contribution in [-0.2, 0) is 9.84 Å². The number of sulfone groups is 1. The van der Waals surface area contributed by atoms with Crippen LogP contribution >= 0.6 is 0 Å². The Morgan fingerprint density at radius 2 is 1.86 bits per heavy atom. The number of rotatable bonds is 3. The molecule has 2 heterocycles. The molecular weight excluding hydrogens is 304 g/mol. The van der Waals surface area contributed by atoms with Gasteiger partial charge in [0.15, 0.2) is 9.84 Å². The maximum atomic E-state index is 11.4. The van der Waals surface area contributed by atoms with Crippen LogP contribution in [0.3, 0.4) is 0 Å². The van der Waals surface area contributed by atoms with Crippen molar-refractivity contribution in [2.24, 2.45) is 0 Å². The van der Waals surface area contributed by atoms with Gasteiger partial charge in [0.25, 0.3) is 0 Å². The van der Waals surface area contributed by atoms with Gasteiger partial charge in [-0.15, -0.1) is 0 Å². The number of piperidine rings is 1. The van der Waals surface area contributed by atoms with Crippen molar-refractivity contribution in [3.8, 4) is 0 Å². The summed E-state index contributed by atoms with van der Waals surface area (Å²) in [4.78, 5) is 12.9. The van der Waals surface area contributed by atoms with Crippen molar-refractivity contribution < 1.29 is 18.3 Å². The molecule has 0 saturated carbocycles. The Bertz CT molecular complexity index is 635. The molecule has 2 unspecified atom stereocenters. The number of benzene rings is 1. The number of carbonyl (C=O) groups is 1. The van der Waals surface area contributed by atoms with Crippen LogP contribution in [0.5, 0.6) is 0 Å². The van der Waals surface area contributed by atoms with Crippen LogP contribution in [0, 0.1) is 0 Å². The number of hydrogen-bond donors (Lipinski definition) is 2.